The zero-order valence-corrected chi connectivity index (χ0v) is 9.01. The Morgan fingerprint density at radius 3 is 3.07 bits per heavy atom. The molecule has 0 aromatic carbocycles. The highest BCUT2D eigenvalue weighted by atomic mass is 15.3. The number of nitrogens with two attached hydrogens (primary N) is 1. The van der Waals surface area contributed by atoms with Crippen LogP contribution in [-0.2, 0) is 0 Å². The van der Waals surface area contributed by atoms with Crippen molar-refractivity contribution in [1.82, 2.24) is 14.6 Å². The second kappa shape index (κ2) is 3.86. The minimum atomic E-state index is 0.617. The Bertz CT molecular complexity index is 462. The molecule has 2 aromatic rings. The monoisotopic (exact) mass is 205 g/mol. The molecule has 5 heteroatoms. The Balaban J connectivity index is 2.50. The van der Waals surface area contributed by atoms with Crippen LogP contribution in [-0.4, -0.2) is 34.7 Å². The van der Waals surface area contributed by atoms with Crippen molar-refractivity contribution in [2.45, 2.75) is 6.92 Å². The summed E-state index contributed by atoms with van der Waals surface area (Å²) in [5, 5.41) is 4.34. The van der Waals surface area contributed by atoms with Gasteiger partial charge in [0.2, 0.25) is 0 Å². The highest BCUT2D eigenvalue weighted by molar-refractivity contribution is 5.68. The molecular formula is C10H15N5. The fraction of sp³-hybridized carbons (Fsp3) is 0.400. The number of hydrogen-bond donors (Lipinski definition) is 1. The molecule has 0 radical (unpaired) electrons. The molecule has 2 N–H and O–H groups in total. The Hall–Kier alpha value is -1.62. The lowest BCUT2D eigenvalue weighted by atomic mass is 10.4. The minimum absolute atomic E-state index is 0.617. The van der Waals surface area contributed by atoms with Crippen molar-refractivity contribution in [1.29, 1.82) is 0 Å². The number of aromatic nitrogens is 3. The van der Waals surface area contributed by atoms with Crippen LogP contribution >= 0.6 is 0 Å². The van der Waals surface area contributed by atoms with Gasteiger partial charge in [0.15, 0.2) is 5.82 Å². The van der Waals surface area contributed by atoms with Crippen LogP contribution in [0.1, 0.15) is 5.69 Å². The average Bonchev–Trinajstić information content (AvgIpc) is 2.57. The van der Waals surface area contributed by atoms with Crippen LogP contribution in [0.4, 0.5) is 5.82 Å². The van der Waals surface area contributed by atoms with Gasteiger partial charge in [0, 0.05) is 32.5 Å². The van der Waals surface area contributed by atoms with E-state index in [-0.39, 0.29) is 0 Å². The van der Waals surface area contributed by atoms with E-state index in [1.807, 2.05) is 35.6 Å². The molecule has 0 spiro atoms. The topological polar surface area (TPSA) is 59.5 Å². The molecule has 0 fully saturated rings. The number of likely N-dealkylation sites (N-methyl/N-ethyl adjacent to an activating group) is 1. The van der Waals surface area contributed by atoms with Crippen molar-refractivity contribution in [3.63, 3.8) is 0 Å². The SMILES string of the molecule is Cc1cc2c(N(C)CCN)nccn2n1. The normalized spacial score (nSPS) is 10.9. The standard InChI is InChI=1S/C10H15N5/c1-8-7-9-10(14(2)5-3-11)12-4-6-15(9)13-8/h4,6-7H,3,5,11H2,1-2H3. The van der Waals surface area contributed by atoms with E-state index in [0.29, 0.717) is 6.54 Å². The smallest absolute Gasteiger partial charge is 0.154 e. The van der Waals surface area contributed by atoms with Gasteiger partial charge < -0.3 is 10.6 Å². The molecule has 2 rings (SSSR count). The number of rotatable bonds is 3. The third-order valence-corrected chi connectivity index (χ3v) is 2.32. The zero-order valence-electron chi connectivity index (χ0n) is 9.01. The highest BCUT2D eigenvalue weighted by Crippen LogP contribution is 2.17. The maximum Gasteiger partial charge on any atom is 0.154 e. The summed E-state index contributed by atoms with van der Waals surface area (Å²) in [6.07, 6.45) is 3.60. The Labute approximate surface area is 88.5 Å². The summed E-state index contributed by atoms with van der Waals surface area (Å²) >= 11 is 0. The predicted octanol–water partition coefficient (Wildman–Crippen LogP) is 0.433. The van der Waals surface area contributed by atoms with E-state index in [1.54, 1.807) is 6.20 Å². The van der Waals surface area contributed by atoms with Crippen LogP contribution in [0.25, 0.3) is 5.52 Å². The third kappa shape index (κ3) is 1.78. The summed E-state index contributed by atoms with van der Waals surface area (Å²) in [6, 6.07) is 2.02. The molecule has 0 aliphatic heterocycles. The van der Waals surface area contributed by atoms with Gasteiger partial charge >= 0.3 is 0 Å². The summed E-state index contributed by atoms with van der Waals surface area (Å²) in [5.41, 5.74) is 7.53. The van der Waals surface area contributed by atoms with E-state index in [4.69, 9.17) is 5.73 Å². The summed E-state index contributed by atoms with van der Waals surface area (Å²) in [6.45, 7) is 3.38. The summed E-state index contributed by atoms with van der Waals surface area (Å²) in [7, 11) is 1.98. The second-order valence-corrected chi connectivity index (χ2v) is 3.58. The van der Waals surface area contributed by atoms with Gasteiger partial charge in [-0.1, -0.05) is 0 Å². The maximum absolute atomic E-state index is 5.52. The maximum atomic E-state index is 5.52. The van der Waals surface area contributed by atoms with Gasteiger partial charge in [-0.2, -0.15) is 5.10 Å². The van der Waals surface area contributed by atoms with Crippen molar-refractivity contribution in [2.24, 2.45) is 5.73 Å². The van der Waals surface area contributed by atoms with Gasteiger partial charge in [0.05, 0.1) is 5.69 Å². The quantitative estimate of drug-likeness (QED) is 0.789. The van der Waals surface area contributed by atoms with Crippen LogP contribution < -0.4 is 10.6 Å². The minimum Gasteiger partial charge on any atom is -0.357 e. The summed E-state index contributed by atoms with van der Waals surface area (Å²) in [5.74, 6) is 0.920. The molecule has 0 aliphatic carbocycles. The molecule has 5 nitrogen and oxygen atoms in total. The molecule has 2 heterocycles. The van der Waals surface area contributed by atoms with Gasteiger partial charge in [-0.3, -0.25) is 0 Å². The number of aryl methyl sites for hydroxylation is 1. The second-order valence-electron chi connectivity index (χ2n) is 3.58. The van der Waals surface area contributed by atoms with E-state index in [9.17, 15) is 0 Å². The molecule has 0 unspecified atom stereocenters. The van der Waals surface area contributed by atoms with Crippen molar-refractivity contribution in [3.05, 3.63) is 24.2 Å². The van der Waals surface area contributed by atoms with Crippen molar-refractivity contribution in [2.75, 3.05) is 25.0 Å². The molecule has 0 saturated carbocycles. The lowest BCUT2D eigenvalue weighted by Crippen LogP contribution is -2.26. The molecule has 0 atom stereocenters. The van der Waals surface area contributed by atoms with Crippen LogP contribution in [0.3, 0.4) is 0 Å². The van der Waals surface area contributed by atoms with Gasteiger partial charge in [-0.05, 0) is 13.0 Å². The highest BCUT2D eigenvalue weighted by Gasteiger charge is 2.08. The van der Waals surface area contributed by atoms with E-state index in [1.165, 1.54) is 0 Å². The number of anilines is 1. The first-order valence-corrected chi connectivity index (χ1v) is 4.94. The van der Waals surface area contributed by atoms with Crippen LogP contribution in [0.15, 0.2) is 18.5 Å². The van der Waals surface area contributed by atoms with Crippen molar-refractivity contribution < 1.29 is 0 Å². The van der Waals surface area contributed by atoms with Gasteiger partial charge in [0.25, 0.3) is 0 Å². The number of nitrogens with zero attached hydrogens (tertiary/aromatic N) is 4. The van der Waals surface area contributed by atoms with Crippen LogP contribution in [0, 0.1) is 6.92 Å². The largest absolute Gasteiger partial charge is 0.357 e. The number of hydrogen-bond acceptors (Lipinski definition) is 4. The Morgan fingerprint density at radius 1 is 1.53 bits per heavy atom. The summed E-state index contributed by atoms with van der Waals surface area (Å²) in [4.78, 5) is 6.39. The molecule has 80 valence electrons. The molecule has 15 heavy (non-hydrogen) atoms. The molecule has 0 aliphatic rings. The van der Waals surface area contributed by atoms with Gasteiger partial charge in [-0.25, -0.2) is 9.50 Å². The predicted molar refractivity (Wildman–Crippen MR) is 60.0 cm³/mol. The molecule has 0 amide bonds. The Morgan fingerprint density at radius 2 is 2.33 bits per heavy atom. The van der Waals surface area contributed by atoms with Gasteiger partial charge in [-0.15, -0.1) is 0 Å². The van der Waals surface area contributed by atoms with E-state index in [2.05, 4.69) is 10.1 Å². The third-order valence-electron chi connectivity index (χ3n) is 2.32. The lowest BCUT2D eigenvalue weighted by Gasteiger charge is -2.17. The van der Waals surface area contributed by atoms with Crippen molar-refractivity contribution >= 4 is 11.3 Å². The molecular weight excluding hydrogens is 190 g/mol. The lowest BCUT2D eigenvalue weighted by molar-refractivity contribution is 0.854. The van der Waals surface area contributed by atoms with E-state index >= 15 is 0 Å². The van der Waals surface area contributed by atoms with E-state index < -0.39 is 0 Å². The zero-order chi connectivity index (χ0) is 10.8. The Kier molecular flexibility index (Phi) is 2.55. The fourth-order valence-corrected chi connectivity index (χ4v) is 1.62. The first-order chi connectivity index (χ1) is 7.22. The number of fused-ring (bicyclic) bond motifs is 1. The van der Waals surface area contributed by atoms with Crippen LogP contribution in [0.2, 0.25) is 0 Å². The summed E-state index contributed by atoms with van der Waals surface area (Å²) < 4.78 is 1.84. The molecule has 0 bridgehead atoms. The fourth-order valence-electron chi connectivity index (χ4n) is 1.62. The molecule has 0 saturated heterocycles. The van der Waals surface area contributed by atoms with Gasteiger partial charge in [0.1, 0.15) is 5.52 Å². The van der Waals surface area contributed by atoms with Crippen LogP contribution in [0.5, 0.6) is 0 Å². The average molecular weight is 205 g/mol. The van der Waals surface area contributed by atoms with E-state index in [0.717, 1.165) is 23.6 Å². The first-order valence-electron chi connectivity index (χ1n) is 4.94. The molecule has 2 aromatic heterocycles. The van der Waals surface area contributed by atoms with Crippen molar-refractivity contribution in [3.8, 4) is 0 Å². The first kappa shape index (κ1) is 9.92.